The van der Waals surface area contributed by atoms with Crippen LogP contribution in [0.2, 0.25) is 0 Å². The molecule has 8 nitrogen and oxygen atoms in total. The molecule has 146 valence electrons. The fourth-order valence-electron chi connectivity index (χ4n) is 2.82. The van der Waals surface area contributed by atoms with E-state index >= 15 is 0 Å². The summed E-state index contributed by atoms with van der Waals surface area (Å²) in [7, 11) is 3.08. The minimum absolute atomic E-state index is 0.263. The lowest BCUT2D eigenvalue weighted by molar-refractivity contribution is -0.479. The molecule has 0 saturated heterocycles. The highest BCUT2D eigenvalue weighted by molar-refractivity contribution is 7.99. The molecule has 28 heavy (non-hydrogen) atoms. The number of para-hydroxylation sites is 1. The molecule has 0 unspecified atom stereocenters. The summed E-state index contributed by atoms with van der Waals surface area (Å²) in [5.41, 5.74) is 1.65. The third kappa shape index (κ3) is 4.25. The van der Waals surface area contributed by atoms with Crippen LogP contribution < -0.4 is 9.47 Å². The van der Waals surface area contributed by atoms with Crippen LogP contribution in [0.25, 0.3) is 5.69 Å². The summed E-state index contributed by atoms with van der Waals surface area (Å²) in [6.45, 7) is 1.59. The molecule has 0 N–H and O–H groups in total. The summed E-state index contributed by atoms with van der Waals surface area (Å²) in [6, 6.07) is 15.0. The van der Waals surface area contributed by atoms with Gasteiger partial charge in [-0.1, -0.05) is 36.0 Å². The Morgan fingerprint density at radius 2 is 1.82 bits per heavy atom. The smallest absolute Gasteiger partial charge is 0.220 e. The summed E-state index contributed by atoms with van der Waals surface area (Å²) in [5.74, 6) is 1.80. The van der Waals surface area contributed by atoms with Crippen molar-refractivity contribution in [3.63, 3.8) is 0 Å². The number of ether oxygens (including phenoxy) is 2. The lowest BCUT2D eigenvalue weighted by atomic mass is 10.1. The summed E-state index contributed by atoms with van der Waals surface area (Å²) in [4.78, 5) is 11.0. The quantitative estimate of drug-likeness (QED) is 0.323. The van der Waals surface area contributed by atoms with Crippen LogP contribution in [0.4, 0.5) is 0 Å². The molecule has 0 spiro atoms. The summed E-state index contributed by atoms with van der Waals surface area (Å²) < 4.78 is 12.5. The van der Waals surface area contributed by atoms with E-state index in [9.17, 15) is 10.1 Å². The van der Waals surface area contributed by atoms with Crippen molar-refractivity contribution < 1.29 is 14.4 Å². The van der Waals surface area contributed by atoms with E-state index in [-0.39, 0.29) is 11.5 Å². The van der Waals surface area contributed by atoms with Crippen LogP contribution in [0.3, 0.4) is 0 Å². The molecule has 0 amide bonds. The molecular formula is C19H20N4O4S. The predicted molar refractivity (Wildman–Crippen MR) is 106 cm³/mol. The van der Waals surface area contributed by atoms with Gasteiger partial charge in [0.1, 0.15) is 11.1 Å². The maximum absolute atomic E-state index is 11.3. The van der Waals surface area contributed by atoms with Gasteiger partial charge in [-0.3, -0.25) is 14.7 Å². The molecule has 0 radical (unpaired) electrons. The molecule has 0 aliphatic heterocycles. The Morgan fingerprint density at radius 1 is 1.11 bits per heavy atom. The maximum atomic E-state index is 11.3. The molecule has 0 fully saturated rings. The molecule has 1 atom stereocenters. The number of aryl methyl sites for hydroxylation is 1. The molecule has 9 heteroatoms. The number of nitro groups is 1. The highest BCUT2D eigenvalue weighted by atomic mass is 32.2. The van der Waals surface area contributed by atoms with Crippen LogP contribution in [-0.2, 0) is 0 Å². The second kappa shape index (κ2) is 8.75. The van der Waals surface area contributed by atoms with E-state index < -0.39 is 5.25 Å². The first-order valence-electron chi connectivity index (χ1n) is 8.51. The SMILES string of the molecule is COc1ccc([C@H](C[N+](=O)[O-])Sc2nnc(C)n2-c2ccccc2)cc1OC. The van der Waals surface area contributed by atoms with Gasteiger partial charge in [0.05, 0.1) is 14.2 Å². The fraction of sp³-hybridized carbons (Fsp3) is 0.263. The van der Waals surface area contributed by atoms with Crippen LogP contribution in [0.1, 0.15) is 16.6 Å². The normalized spacial score (nSPS) is 11.8. The maximum Gasteiger partial charge on any atom is 0.220 e. The zero-order chi connectivity index (χ0) is 20.1. The van der Waals surface area contributed by atoms with Crippen molar-refractivity contribution in [2.24, 2.45) is 0 Å². The highest BCUT2D eigenvalue weighted by Gasteiger charge is 2.24. The summed E-state index contributed by atoms with van der Waals surface area (Å²) >= 11 is 1.30. The van der Waals surface area contributed by atoms with Gasteiger partial charge in [-0.05, 0) is 36.8 Å². The molecule has 3 aromatic rings. The van der Waals surface area contributed by atoms with Crippen molar-refractivity contribution in [1.82, 2.24) is 14.8 Å². The first kappa shape index (κ1) is 19.7. The third-order valence-corrected chi connectivity index (χ3v) is 5.33. The average molecular weight is 400 g/mol. The number of thioether (sulfide) groups is 1. The van der Waals surface area contributed by atoms with Gasteiger partial charge in [0.25, 0.3) is 0 Å². The minimum Gasteiger partial charge on any atom is -0.493 e. The van der Waals surface area contributed by atoms with E-state index in [1.807, 2.05) is 41.8 Å². The number of rotatable bonds is 8. The largest absolute Gasteiger partial charge is 0.493 e. The zero-order valence-electron chi connectivity index (χ0n) is 15.7. The lowest BCUT2D eigenvalue weighted by Gasteiger charge is -2.16. The Bertz CT molecular complexity index is 962. The average Bonchev–Trinajstić information content (AvgIpc) is 3.07. The molecule has 2 aromatic carbocycles. The van der Waals surface area contributed by atoms with E-state index in [1.165, 1.54) is 18.9 Å². The van der Waals surface area contributed by atoms with E-state index in [0.717, 1.165) is 11.3 Å². The Morgan fingerprint density at radius 3 is 2.46 bits per heavy atom. The van der Waals surface area contributed by atoms with Gasteiger partial charge in [0.2, 0.25) is 6.54 Å². The van der Waals surface area contributed by atoms with Crippen molar-refractivity contribution in [1.29, 1.82) is 0 Å². The molecule has 1 heterocycles. The third-order valence-electron chi connectivity index (χ3n) is 4.15. The number of hydrogen-bond acceptors (Lipinski definition) is 7. The van der Waals surface area contributed by atoms with Crippen LogP contribution in [-0.4, -0.2) is 40.5 Å². The molecule has 0 saturated carbocycles. The van der Waals surface area contributed by atoms with Crippen LogP contribution >= 0.6 is 11.8 Å². The van der Waals surface area contributed by atoms with Gasteiger partial charge in [-0.2, -0.15) is 0 Å². The molecule has 3 rings (SSSR count). The molecular weight excluding hydrogens is 380 g/mol. The zero-order valence-corrected chi connectivity index (χ0v) is 16.5. The second-order valence-corrected chi connectivity index (χ2v) is 7.11. The Balaban J connectivity index is 1.98. The number of methoxy groups -OCH3 is 2. The van der Waals surface area contributed by atoms with Crippen molar-refractivity contribution in [3.8, 4) is 17.2 Å². The van der Waals surface area contributed by atoms with Crippen molar-refractivity contribution >= 4 is 11.8 Å². The van der Waals surface area contributed by atoms with Crippen LogP contribution in [0.5, 0.6) is 11.5 Å². The Hall–Kier alpha value is -3.07. The van der Waals surface area contributed by atoms with Crippen LogP contribution in [0, 0.1) is 17.0 Å². The highest BCUT2D eigenvalue weighted by Crippen LogP contribution is 2.39. The minimum atomic E-state index is -0.471. The monoisotopic (exact) mass is 400 g/mol. The van der Waals surface area contributed by atoms with Crippen molar-refractivity contribution in [2.45, 2.75) is 17.3 Å². The van der Waals surface area contributed by atoms with Crippen molar-refractivity contribution in [3.05, 3.63) is 70.0 Å². The van der Waals surface area contributed by atoms with Gasteiger partial charge < -0.3 is 9.47 Å². The lowest BCUT2D eigenvalue weighted by Crippen LogP contribution is -2.11. The molecule has 0 bridgehead atoms. The predicted octanol–water partition coefficient (Wildman–Crippen LogP) is 3.70. The molecule has 0 aliphatic carbocycles. The van der Waals surface area contributed by atoms with Crippen LogP contribution in [0.15, 0.2) is 53.7 Å². The first-order valence-corrected chi connectivity index (χ1v) is 9.39. The van der Waals surface area contributed by atoms with Gasteiger partial charge >= 0.3 is 0 Å². The van der Waals surface area contributed by atoms with E-state index in [0.29, 0.717) is 22.5 Å². The molecule has 0 aliphatic rings. The van der Waals surface area contributed by atoms with E-state index in [2.05, 4.69) is 10.2 Å². The fourth-order valence-corrected chi connectivity index (χ4v) is 3.98. The molecule has 1 aromatic heterocycles. The standard InChI is InChI=1S/C19H20N4O4S/c1-13-20-21-19(23(13)15-7-5-4-6-8-15)28-18(12-22(24)25)14-9-10-16(26-2)17(11-14)27-3/h4-11,18H,12H2,1-3H3/t18-/m0/s1. The topological polar surface area (TPSA) is 92.3 Å². The summed E-state index contributed by atoms with van der Waals surface area (Å²) in [5, 5.41) is 19.8. The second-order valence-electron chi connectivity index (χ2n) is 5.94. The first-order chi connectivity index (χ1) is 13.5. The number of nitrogens with zero attached hydrogens (tertiary/aromatic N) is 4. The van der Waals surface area contributed by atoms with Gasteiger partial charge in [0, 0.05) is 10.6 Å². The number of aromatic nitrogens is 3. The Labute approximate surface area is 166 Å². The van der Waals surface area contributed by atoms with Gasteiger partial charge in [0.15, 0.2) is 16.7 Å². The van der Waals surface area contributed by atoms with E-state index in [1.54, 1.807) is 25.3 Å². The van der Waals surface area contributed by atoms with E-state index in [4.69, 9.17) is 9.47 Å². The Kier molecular flexibility index (Phi) is 6.15. The van der Waals surface area contributed by atoms with Gasteiger partial charge in [-0.25, -0.2) is 0 Å². The summed E-state index contributed by atoms with van der Waals surface area (Å²) in [6.07, 6.45) is 0. The number of hydrogen-bond donors (Lipinski definition) is 0. The van der Waals surface area contributed by atoms with Gasteiger partial charge in [-0.15, -0.1) is 10.2 Å². The number of benzene rings is 2. The van der Waals surface area contributed by atoms with Crippen molar-refractivity contribution in [2.75, 3.05) is 20.8 Å².